The van der Waals surface area contributed by atoms with Gasteiger partial charge >= 0.3 is 6.18 Å². The van der Waals surface area contributed by atoms with Crippen LogP contribution in [0.3, 0.4) is 0 Å². The summed E-state index contributed by atoms with van der Waals surface area (Å²) in [6.45, 7) is 1.86. The van der Waals surface area contributed by atoms with Crippen LogP contribution in [0, 0.1) is 12.8 Å². The number of alkyl halides is 3. The van der Waals surface area contributed by atoms with Gasteiger partial charge in [-0.25, -0.2) is 17.9 Å². The number of aromatic nitrogens is 3. The molecule has 1 saturated heterocycles. The maximum Gasteiger partial charge on any atom is 0.391 e. The fourth-order valence-corrected chi connectivity index (χ4v) is 6.33. The van der Waals surface area contributed by atoms with Crippen molar-refractivity contribution in [1.82, 2.24) is 14.6 Å². The molecule has 0 unspecified atom stereocenters. The van der Waals surface area contributed by atoms with Crippen molar-refractivity contribution in [3.05, 3.63) is 29.2 Å². The van der Waals surface area contributed by atoms with Crippen LogP contribution in [0.2, 0.25) is 0 Å². The molecule has 2 aromatic heterocycles. The molecule has 2 aliphatic rings. The number of nitrogens with zero attached hydrogens (tertiary/aromatic N) is 3. The number of hydrogen-bond acceptors (Lipinski definition) is 4. The Labute approximate surface area is 162 Å². The Hall–Kier alpha value is -1.64. The Kier molecular flexibility index (Phi) is 4.92. The number of halogens is 3. The summed E-state index contributed by atoms with van der Waals surface area (Å²) in [4.78, 5) is 4.51. The van der Waals surface area contributed by atoms with Crippen molar-refractivity contribution >= 4 is 15.5 Å². The quantitative estimate of drug-likeness (QED) is 0.739. The molecular weight excluding hydrogens is 391 g/mol. The second-order valence-electron chi connectivity index (χ2n) is 8.21. The van der Waals surface area contributed by atoms with Gasteiger partial charge in [-0.2, -0.15) is 18.3 Å². The Bertz CT molecular complexity index is 976. The summed E-state index contributed by atoms with van der Waals surface area (Å²) in [5.74, 6) is -1.02. The number of sulfone groups is 1. The molecule has 2 aromatic rings. The molecule has 1 aliphatic carbocycles. The summed E-state index contributed by atoms with van der Waals surface area (Å²) >= 11 is 0. The van der Waals surface area contributed by atoms with Gasteiger partial charge in [0.15, 0.2) is 15.5 Å². The Morgan fingerprint density at radius 1 is 1.07 bits per heavy atom. The van der Waals surface area contributed by atoms with E-state index in [1.807, 2.05) is 19.1 Å². The van der Waals surface area contributed by atoms with Crippen molar-refractivity contribution < 1.29 is 21.6 Å². The smallest absolute Gasteiger partial charge is 0.234 e. The molecule has 0 amide bonds. The number of rotatable bonds is 2. The van der Waals surface area contributed by atoms with Crippen LogP contribution >= 0.6 is 0 Å². The molecule has 0 N–H and O–H groups in total. The van der Waals surface area contributed by atoms with Crippen LogP contribution in [-0.4, -0.2) is 40.7 Å². The van der Waals surface area contributed by atoms with Crippen molar-refractivity contribution in [2.24, 2.45) is 5.92 Å². The van der Waals surface area contributed by atoms with E-state index in [1.165, 1.54) is 0 Å². The second-order valence-corrected chi connectivity index (χ2v) is 10.4. The maximum absolute atomic E-state index is 12.9. The summed E-state index contributed by atoms with van der Waals surface area (Å²) in [5.41, 5.74) is 3.03. The highest BCUT2D eigenvalue weighted by Gasteiger charge is 2.42. The lowest BCUT2D eigenvalue weighted by Gasteiger charge is -2.28. The lowest BCUT2D eigenvalue weighted by Crippen LogP contribution is -2.27. The van der Waals surface area contributed by atoms with Crippen LogP contribution in [0.5, 0.6) is 0 Å². The molecule has 1 aliphatic heterocycles. The molecule has 9 heteroatoms. The van der Waals surface area contributed by atoms with Crippen molar-refractivity contribution in [2.45, 2.75) is 63.5 Å². The van der Waals surface area contributed by atoms with Crippen molar-refractivity contribution in [3.8, 4) is 0 Å². The Morgan fingerprint density at radius 2 is 1.79 bits per heavy atom. The molecule has 0 aromatic carbocycles. The van der Waals surface area contributed by atoms with Gasteiger partial charge in [-0.05, 0) is 51.5 Å². The van der Waals surface area contributed by atoms with Crippen LogP contribution in [-0.2, 0) is 9.84 Å². The molecule has 0 bridgehead atoms. The lowest BCUT2D eigenvalue weighted by molar-refractivity contribution is -0.182. The van der Waals surface area contributed by atoms with Crippen LogP contribution < -0.4 is 0 Å². The van der Waals surface area contributed by atoms with Crippen LogP contribution in [0.4, 0.5) is 13.2 Å². The van der Waals surface area contributed by atoms with Crippen LogP contribution in [0.15, 0.2) is 12.1 Å². The van der Waals surface area contributed by atoms with E-state index < -0.39 is 21.9 Å². The van der Waals surface area contributed by atoms with Crippen LogP contribution in [0.1, 0.15) is 67.4 Å². The van der Waals surface area contributed by atoms with Gasteiger partial charge in [0.2, 0.25) is 0 Å². The van der Waals surface area contributed by atoms with Crippen molar-refractivity contribution in [1.29, 1.82) is 0 Å². The zero-order chi connectivity index (χ0) is 20.1. The standard InChI is InChI=1S/C19H24F3N3O2S/c1-12-9-17(14-3-2-8-28(26,27)11-14)25-18(23-12)10-16(24-25)13-4-6-15(7-5-13)19(20,21)22/h9-10,13-15H,2-8,11H2,1H3/t13-,14-,15-/m1/s1. The molecule has 154 valence electrons. The van der Waals surface area contributed by atoms with Crippen molar-refractivity contribution in [3.63, 3.8) is 0 Å². The minimum absolute atomic E-state index is 0.0106. The highest BCUT2D eigenvalue weighted by atomic mass is 32.2. The first-order chi connectivity index (χ1) is 13.1. The first-order valence-electron chi connectivity index (χ1n) is 9.77. The van der Waals surface area contributed by atoms with Gasteiger partial charge in [0.25, 0.3) is 0 Å². The molecular formula is C19H24F3N3O2S. The van der Waals surface area contributed by atoms with E-state index in [2.05, 4.69) is 10.1 Å². The first kappa shape index (κ1) is 19.7. The fourth-order valence-electron chi connectivity index (χ4n) is 4.61. The highest BCUT2D eigenvalue weighted by Crippen LogP contribution is 2.42. The Balaban J connectivity index is 1.63. The average Bonchev–Trinajstić information content (AvgIpc) is 3.03. The van der Waals surface area contributed by atoms with E-state index >= 15 is 0 Å². The van der Waals surface area contributed by atoms with E-state index in [0.717, 1.165) is 23.5 Å². The molecule has 0 spiro atoms. The number of fused-ring (bicyclic) bond motifs is 1. The van der Waals surface area contributed by atoms with E-state index in [4.69, 9.17) is 0 Å². The van der Waals surface area contributed by atoms with Crippen molar-refractivity contribution in [2.75, 3.05) is 11.5 Å². The molecule has 2 fully saturated rings. The summed E-state index contributed by atoms with van der Waals surface area (Å²) in [6, 6.07) is 3.74. The summed E-state index contributed by atoms with van der Waals surface area (Å²) in [5, 5.41) is 4.67. The minimum atomic E-state index is -4.12. The molecule has 28 heavy (non-hydrogen) atoms. The Morgan fingerprint density at radius 3 is 2.43 bits per heavy atom. The molecule has 1 saturated carbocycles. The van der Waals surface area contributed by atoms with Gasteiger partial charge in [-0.15, -0.1) is 0 Å². The highest BCUT2D eigenvalue weighted by molar-refractivity contribution is 7.91. The van der Waals surface area contributed by atoms with E-state index in [0.29, 0.717) is 24.9 Å². The molecule has 0 radical (unpaired) electrons. The zero-order valence-electron chi connectivity index (χ0n) is 15.7. The van der Waals surface area contributed by atoms with Gasteiger partial charge in [0, 0.05) is 23.6 Å². The summed E-state index contributed by atoms with van der Waals surface area (Å²) < 4.78 is 64.7. The van der Waals surface area contributed by atoms with Gasteiger partial charge in [-0.1, -0.05) is 0 Å². The van der Waals surface area contributed by atoms with Gasteiger partial charge in [-0.3, -0.25) is 0 Å². The van der Waals surface area contributed by atoms with Gasteiger partial charge in [0.05, 0.1) is 28.8 Å². The molecule has 3 heterocycles. The van der Waals surface area contributed by atoms with Gasteiger partial charge in [0.1, 0.15) is 0 Å². The van der Waals surface area contributed by atoms with E-state index in [9.17, 15) is 21.6 Å². The third-order valence-corrected chi connectivity index (χ3v) is 7.91. The molecule has 5 nitrogen and oxygen atoms in total. The van der Waals surface area contributed by atoms with E-state index in [-0.39, 0.29) is 36.2 Å². The predicted molar refractivity (Wildman–Crippen MR) is 99.1 cm³/mol. The maximum atomic E-state index is 12.9. The molecule has 4 rings (SSSR count). The monoisotopic (exact) mass is 415 g/mol. The SMILES string of the molecule is Cc1cc([C@@H]2CCCS(=O)(=O)C2)n2nc([C@H]3CC[C@H](C(F)(F)F)CC3)cc2n1. The molecule has 1 atom stereocenters. The van der Waals surface area contributed by atoms with E-state index in [1.54, 1.807) is 4.52 Å². The zero-order valence-corrected chi connectivity index (χ0v) is 16.6. The number of aryl methyl sites for hydroxylation is 1. The third-order valence-electron chi connectivity index (χ3n) is 6.09. The summed E-state index contributed by atoms with van der Waals surface area (Å²) in [7, 11) is -3.06. The second kappa shape index (κ2) is 7.00. The summed E-state index contributed by atoms with van der Waals surface area (Å²) in [6.07, 6.45) is -1.54. The number of hydrogen-bond donors (Lipinski definition) is 0. The normalized spacial score (nSPS) is 28.5. The largest absolute Gasteiger partial charge is 0.391 e. The first-order valence-corrected chi connectivity index (χ1v) is 11.6. The third kappa shape index (κ3) is 3.90. The van der Waals surface area contributed by atoms with Crippen LogP contribution in [0.25, 0.3) is 5.65 Å². The fraction of sp³-hybridized carbons (Fsp3) is 0.684. The lowest BCUT2D eigenvalue weighted by atomic mass is 9.80. The minimum Gasteiger partial charge on any atom is -0.234 e. The topological polar surface area (TPSA) is 64.3 Å². The predicted octanol–water partition coefficient (Wildman–Crippen LogP) is 4.17. The average molecular weight is 415 g/mol. The van der Waals surface area contributed by atoms with Gasteiger partial charge < -0.3 is 0 Å².